The maximum Gasteiger partial charge on any atom is -1.00 e. The van der Waals surface area contributed by atoms with Crippen LogP contribution >= 0.6 is 0 Å². The minimum absolute atomic E-state index is 0. The summed E-state index contributed by atoms with van der Waals surface area (Å²) < 4.78 is 1.59. The van der Waals surface area contributed by atoms with Crippen molar-refractivity contribution in [3.05, 3.63) is 51.1 Å². The first-order valence-electron chi connectivity index (χ1n) is 8.52. The number of hydrogen-bond donors (Lipinski definition) is 0. The molecule has 0 amide bonds. The topological polar surface area (TPSA) is 0 Å². The van der Waals surface area contributed by atoms with Gasteiger partial charge in [-0.25, -0.2) is 0 Å². The first kappa shape index (κ1) is 27.7. The molecule has 0 nitrogen and oxygen atoms in total. The zero-order valence-electron chi connectivity index (χ0n) is 15.9. The molecule has 0 spiro atoms. The number of hydrogen-bond acceptors (Lipinski definition) is 0. The van der Waals surface area contributed by atoms with E-state index < -0.39 is 8.07 Å². The molecule has 1 aliphatic carbocycles. The van der Waals surface area contributed by atoms with Crippen LogP contribution in [0.3, 0.4) is 0 Å². The van der Waals surface area contributed by atoms with Crippen molar-refractivity contribution < 1.29 is 57.7 Å². The average molecular weight is 452 g/mol. The van der Waals surface area contributed by atoms with Crippen molar-refractivity contribution in [1.29, 1.82) is 0 Å². The maximum absolute atomic E-state index is 2.59. The molecule has 0 aliphatic heterocycles. The van der Waals surface area contributed by atoms with Gasteiger partial charge in [0.15, 0.2) is 0 Å². The third-order valence-electron chi connectivity index (χ3n) is 4.87. The maximum atomic E-state index is 2.59. The molecular formula is C20H29Cl3SiTi. The van der Waals surface area contributed by atoms with Crippen LogP contribution in [0.15, 0.2) is 51.1 Å². The Morgan fingerprint density at radius 2 is 1.60 bits per heavy atom. The van der Waals surface area contributed by atoms with Gasteiger partial charge in [-0.1, -0.05) is 0 Å². The van der Waals surface area contributed by atoms with E-state index in [-0.39, 0.29) is 42.6 Å². The van der Waals surface area contributed by atoms with E-state index in [9.17, 15) is 0 Å². The van der Waals surface area contributed by atoms with Gasteiger partial charge in [-0.15, -0.1) is 0 Å². The zero-order valence-corrected chi connectivity index (χ0v) is 20.8. The molecule has 25 heavy (non-hydrogen) atoms. The Morgan fingerprint density at radius 1 is 1.04 bits per heavy atom. The molecular weight excluding hydrogens is 423 g/mol. The molecule has 0 fully saturated rings. The largest absolute Gasteiger partial charge is 1.00 e. The van der Waals surface area contributed by atoms with Gasteiger partial charge >= 0.3 is 150 Å². The van der Waals surface area contributed by atoms with Crippen molar-refractivity contribution in [2.24, 2.45) is 5.41 Å². The Morgan fingerprint density at radius 3 is 2.08 bits per heavy atom. The second-order valence-electron chi connectivity index (χ2n) is 7.73. The minimum Gasteiger partial charge on any atom is -1.00 e. The monoisotopic (exact) mass is 450 g/mol. The summed E-state index contributed by atoms with van der Waals surface area (Å²) in [6.07, 6.45) is 6.34. The molecule has 0 N–H and O–H groups in total. The molecule has 1 aliphatic rings. The van der Waals surface area contributed by atoms with Crippen LogP contribution in [-0.2, 0) is 20.4 Å². The van der Waals surface area contributed by atoms with Gasteiger partial charge in [0.25, 0.3) is 0 Å². The summed E-state index contributed by atoms with van der Waals surface area (Å²) in [6.45, 7) is 12.0. The second kappa shape index (κ2) is 11.4. The Bertz CT molecular complexity index is 591. The van der Waals surface area contributed by atoms with Gasteiger partial charge in [-0.3, -0.25) is 0 Å². The molecule has 1 atom stereocenters. The Hall–Kier alpha value is 0.501. The van der Waals surface area contributed by atoms with Gasteiger partial charge in [0.05, 0.1) is 0 Å². The van der Waals surface area contributed by atoms with Crippen molar-refractivity contribution in [2.45, 2.75) is 59.5 Å². The van der Waals surface area contributed by atoms with Gasteiger partial charge in [0.2, 0.25) is 0 Å². The zero-order chi connectivity index (χ0) is 16.4. The SMILES string of the molecule is CCCC[Si](C)(C1=CC[C]([Ti+3])=C1C(C)(C)C)c1ccccc1.[Cl-].[Cl-].[Cl-]. The summed E-state index contributed by atoms with van der Waals surface area (Å²) in [5, 5.41) is 3.32. The van der Waals surface area contributed by atoms with Crippen LogP contribution in [0.1, 0.15) is 47.0 Å². The van der Waals surface area contributed by atoms with Crippen molar-refractivity contribution in [3.63, 3.8) is 0 Å². The quantitative estimate of drug-likeness (QED) is 0.408. The number of allylic oxidation sites excluding steroid dienone is 4. The van der Waals surface area contributed by atoms with Gasteiger partial charge in [-0.2, -0.15) is 0 Å². The molecule has 1 aromatic carbocycles. The van der Waals surface area contributed by atoms with Crippen LogP contribution in [0.25, 0.3) is 0 Å². The molecule has 1 aromatic rings. The Kier molecular flexibility index (Phi) is 12.6. The fourth-order valence-electron chi connectivity index (χ4n) is 3.70. The van der Waals surface area contributed by atoms with Gasteiger partial charge in [0, 0.05) is 0 Å². The molecule has 0 heterocycles. The molecule has 5 heteroatoms. The third kappa shape index (κ3) is 6.26. The fraction of sp³-hybridized carbons (Fsp3) is 0.500. The van der Waals surface area contributed by atoms with Crippen LogP contribution in [0, 0.1) is 5.41 Å². The Balaban J connectivity index is 0. The normalized spacial score (nSPS) is 16.2. The van der Waals surface area contributed by atoms with E-state index in [0.29, 0.717) is 0 Å². The minimum atomic E-state index is -1.62. The number of halogens is 3. The van der Waals surface area contributed by atoms with E-state index in [2.05, 4.69) is 91.1 Å². The summed E-state index contributed by atoms with van der Waals surface area (Å²) in [4.78, 5) is 0. The number of unbranched alkanes of at least 4 members (excludes halogenated alkanes) is 1. The summed E-state index contributed by atoms with van der Waals surface area (Å²) in [5.74, 6) is 0. The number of benzene rings is 1. The van der Waals surface area contributed by atoms with E-state index in [4.69, 9.17) is 0 Å². The van der Waals surface area contributed by atoms with Gasteiger partial charge in [-0.05, 0) is 0 Å². The predicted molar refractivity (Wildman–Crippen MR) is 96.6 cm³/mol. The molecule has 2 rings (SSSR count). The molecule has 1 unspecified atom stereocenters. The van der Waals surface area contributed by atoms with Crippen molar-refractivity contribution in [3.8, 4) is 0 Å². The Labute approximate surface area is 186 Å². The number of rotatable bonds is 5. The first-order valence-corrected chi connectivity index (χ1v) is 12.0. The fourth-order valence-corrected chi connectivity index (χ4v) is 9.34. The first-order chi connectivity index (χ1) is 10.3. The van der Waals surface area contributed by atoms with Crippen molar-refractivity contribution in [1.82, 2.24) is 0 Å². The third-order valence-corrected chi connectivity index (χ3v) is 10.2. The summed E-state index contributed by atoms with van der Waals surface area (Å²) in [5.41, 5.74) is 1.91. The molecule has 0 saturated carbocycles. The molecule has 0 aromatic heterocycles. The van der Waals surface area contributed by atoms with Crippen molar-refractivity contribution in [2.75, 3.05) is 0 Å². The average Bonchev–Trinajstić information content (AvgIpc) is 2.88. The summed E-state index contributed by atoms with van der Waals surface area (Å²) >= 11 is 2.34. The van der Waals surface area contributed by atoms with Crippen LogP contribution in [0.2, 0.25) is 12.6 Å². The van der Waals surface area contributed by atoms with Crippen LogP contribution < -0.4 is 42.4 Å². The molecule has 0 radical (unpaired) electrons. The van der Waals surface area contributed by atoms with E-state index in [0.717, 1.165) is 6.42 Å². The van der Waals surface area contributed by atoms with Gasteiger partial charge in [0.1, 0.15) is 0 Å². The van der Waals surface area contributed by atoms with Crippen LogP contribution in [0.5, 0.6) is 0 Å². The van der Waals surface area contributed by atoms with E-state index in [1.807, 2.05) is 0 Å². The molecule has 0 saturated heterocycles. The van der Waals surface area contributed by atoms with Gasteiger partial charge < -0.3 is 37.2 Å². The standard InChI is InChI=1S/C20H29Si.3ClH.Ti/c1-6-7-16-21(5,17-12-9-8-10-13-17)19-15-11-14-18(19)20(2,3)4;;;;/h8-10,12-13,15H,6-7,11,16H2,1-5H3;3*1H;/q;;;;+3/p-3. The molecule has 0 bridgehead atoms. The predicted octanol–water partition coefficient (Wildman–Crippen LogP) is -3.50. The second-order valence-corrected chi connectivity index (χ2v) is 12.9. The van der Waals surface area contributed by atoms with Crippen LogP contribution in [0.4, 0.5) is 0 Å². The molecule has 138 valence electrons. The van der Waals surface area contributed by atoms with Crippen LogP contribution in [-0.4, -0.2) is 8.07 Å². The summed E-state index contributed by atoms with van der Waals surface area (Å²) in [7, 11) is -1.62. The van der Waals surface area contributed by atoms with E-state index in [1.54, 1.807) is 19.8 Å². The van der Waals surface area contributed by atoms with E-state index >= 15 is 0 Å². The summed E-state index contributed by atoms with van der Waals surface area (Å²) in [6, 6.07) is 12.7. The van der Waals surface area contributed by atoms with Crippen molar-refractivity contribution >= 4 is 13.3 Å². The van der Waals surface area contributed by atoms with E-state index in [1.165, 1.54) is 18.9 Å². The smallest absolute Gasteiger partial charge is 1.00 e.